The summed E-state index contributed by atoms with van der Waals surface area (Å²) in [4.78, 5) is 12.4. The van der Waals surface area contributed by atoms with Gasteiger partial charge in [-0.25, -0.2) is 9.18 Å². The molecule has 0 saturated heterocycles. The number of rotatable bonds is 7. The number of carbonyl (C=O) groups excluding carboxylic acids is 1. The largest absolute Gasteiger partial charge is 0.457 e. The highest BCUT2D eigenvalue weighted by atomic mass is 28.4. The smallest absolute Gasteiger partial charge is 0.338 e. The van der Waals surface area contributed by atoms with E-state index in [4.69, 9.17) is 9.16 Å². The van der Waals surface area contributed by atoms with Crippen LogP contribution in [0.1, 0.15) is 50.3 Å². The van der Waals surface area contributed by atoms with Crippen molar-refractivity contribution in [3.05, 3.63) is 77.6 Å². The maximum atomic E-state index is 15.1. The van der Waals surface area contributed by atoms with Gasteiger partial charge in [-0.05, 0) is 48.2 Å². The highest BCUT2D eigenvalue weighted by Gasteiger charge is 2.53. The van der Waals surface area contributed by atoms with Crippen LogP contribution >= 0.6 is 0 Å². The second-order valence-corrected chi connectivity index (χ2v) is 14.3. The molecule has 5 heteroatoms. The lowest BCUT2D eigenvalue weighted by atomic mass is 10.0. The third-order valence-corrected chi connectivity index (χ3v) is 10.7. The van der Waals surface area contributed by atoms with Crippen molar-refractivity contribution in [2.75, 3.05) is 0 Å². The van der Waals surface area contributed by atoms with E-state index in [1.807, 2.05) is 30.3 Å². The summed E-state index contributed by atoms with van der Waals surface area (Å²) in [5.41, 5.74) is 1.49. The Morgan fingerprint density at radius 2 is 1.77 bits per heavy atom. The summed E-state index contributed by atoms with van der Waals surface area (Å²) in [5.74, 6) is -0.912. The van der Waals surface area contributed by atoms with Gasteiger partial charge in [0.1, 0.15) is 12.4 Å². The number of hydrogen-bond acceptors (Lipinski definition) is 3. The third-order valence-electron chi connectivity index (χ3n) is 6.23. The Balaban J connectivity index is 1.72. The van der Waals surface area contributed by atoms with Gasteiger partial charge in [0.25, 0.3) is 0 Å². The van der Waals surface area contributed by atoms with Crippen LogP contribution in [0, 0.1) is 5.82 Å². The number of carbonyl (C=O) groups is 1. The summed E-state index contributed by atoms with van der Waals surface area (Å²) in [6, 6.07) is 14.3. The Hall–Kier alpha value is -2.24. The molecule has 0 aliphatic heterocycles. The molecule has 1 saturated carbocycles. The van der Waals surface area contributed by atoms with Crippen LogP contribution in [-0.2, 0) is 26.2 Å². The fourth-order valence-corrected chi connectivity index (χ4v) is 4.78. The molecule has 1 fully saturated rings. The van der Waals surface area contributed by atoms with Crippen LogP contribution in [0.4, 0.5) is 4.39 Å². The highest BCUT2D eigenvalue weighted by molar-refractivity contribution is 6.74. The first-order valence-corrected chi connectivity index (χ1v) is 13.3. The highest BCUT2D eigenvalue weighted by Crippen LogP contribution is 2.54. The van der Waals surface area contributed by atoms with Gasteiger partial charge in [-0.2, -0.15) is 0 Å². The maximum Gasteiger partial charge on any atom is 0.338 e. The Morgan fingerprint density at radius 3 is 2.30 bits per heavy atom. The van der Waals surface area contributed by atoms with E-state index in [1.165, 1.54) is 6.07 Å². The first-order valence-electron chi connectivity index (χ1n) is 10.4. The lowest BCUT2D eigenvalue weighted by Gasteiger charge is -2.40. The Bertz CT molecular complexity index is 941. The number of hydrogen-bond donors (Lipinski definition) is 0. The zero-order valence-corrected chi connectivity index (χ0v) is 19.5. The molecule has 0 spiro atoms. The van der Waals surface area contributed by atoms with Gasteiger partial charge in [0, 0.05) is 5.56 Å². The number of esters is 1. The first-order chi connectivity index (χ1) is 14.0. The Labute approximate surface area is 180 Å². The quantitative estimate of drug-likeness (QED) is 0.284. The van der Waals surface area contributed by atoms with Gasteiger partial charge in [0.2, 0.25) is 0 Å². The van der Waals surface area contributed by atoms with Crippen molar-refractivity contribution in [3.8, 4) is 0 Å². The van der Waals surface area contributed by atoms with Gasteiger partial charge in [-0.3, -0.25) is 0 Å². The molecule has 1 aliphatic rings. The van der Waals surface area contributed by atoms with Gasteiger partial charge in [0.15, 0.2) is 8.32 Å². The molecule has 2 aromatic rings. The minimum atomic E-state index is -2.04. The van der Waals surface area contributed by atoms with E-state index < -0.39 is 19.9 Å². The van der Waals surface area contributed by atoms with E-state index >= 15 is 4.39 Å². The van der Waals surface area contributed by atoms with Crippen molar-refractivity contribution < 1.29 is 18.3 Å². The summed E-state index contributed by atoms with van der Waals surface area (Å²) in [5, 5.41) is 0.0514. The molecule has 0 radical (unpaired) electrons. The predicted molar refractivity (Wildman–Crippen MR) is 121 cm³/mol. The molecule has 0 bridgehead atoms. The topological polar surface area (TPSA) is 35.5 Å². The lowest BCUT2D eigenvalue weighted by molar-refractivity contribution is -0.137. The van der Waals surface area contributed by atoms with E-state index in [0.717, 1.165) is 18.4 Å². The molecule has 2 aromatic carbocycles. The second kappa shape index (κ2) is 8.12. The molecule has 3 nitrogen and oxygen atoms in total. The normalized spacial score (nSPS) is 15.5. The monoisotopic (exact) mass is 426 g/mol. The van der Waals surface area contributed by atoms with Crippen molar-refractivity contribution in [3.63, 3.8) is 0 Å². The fourth-order valence-electron chi connectivity index (χ4n) is 3.18. The van der Waals surface area contributed by atoms with Crippen molar-refractivity contribution in [1.82, 2.24) is 0 Å². The van der Waals surface area contributed by atoms with Gasteiger partial charge >= 0.3 is 5.97 Å². The van der Waals surface area contributed by atoms with Crippen LogP contribution in [-0.4, -0.2) is 14.3 Å². The molecule has 30 heavy (non-hydrogen) atoms. The SMILES string of the molecule is C=C(C(=O)OCc1ccccc1)c1ccc(C2(O[Si](C)(C)C(C)(C)C)CC2)c(F)c1. The molecule has 0 unspecified atom stereocenters. The molecule has 1 aliphatic carbocycles. The van der Waals surface area contributed by atoms with Crippen molar-refractivity contribution in [2.45, 2.75) is 64.0 Å². The van der Waals surface area contributed by atoms with Gasteiger partial charge < -0.3 is 9.16 Å². The van der Waals surface area contributed by atoms with E-state index in [-0.39, 0.29) is 23.0 Å². The van der Waals surface area contributed by atoms with E-state index in [2.05, 4.69) is 40.4 Å². The van der Waals surface area contributed by atoms with E-state index in [9.17, 15) is 4.79 Å². The molecular formula is C25H31FO3Si. The fraction of sp³-hybridized carbons (Fsp3) is 0.400. The molecule has 0 atom stereocenters. The van der Waals surface area contributed by atoms with Crippen LogP contribution in [0.5, 0.6) is 0 Å². The minimum absolute atomic E-state index is 0.0514. The summed E-state index contributed by atoms with van der Waals surface area (Å²) >= 11 is 0. The second-order valence-electron chi connectivity index (χ2n) is 9.59. The summed E-state index contributed by atoms with van der Waals surface area (Å²) in [7, 11) is -2.04. The van der Waals surface area contributed by atoms with Crippen molar-refractivity contribution in [1.29, 1.82) is 0 Å². The molecule has 160 valence electrons. The first kappa shape index (κ1) is 22.4. The maximum absolute atomic E-state index is 15.1. The van der Waals surface area contributed by atoms with Crippen LogP contribution < -0.4 is 0 Å². The molecule has 0 amide bonds. The van der Waals surface area contributed by atoms with Gasteiger partial charge in [-0.1, -0.05) is 69.8 Å². The van der Waals surface area contributed by atoms with Gasteiger partial charge in [0.05, 0.1) is 11.2 Å². The summed E-state index contributed by atoms with van der Waals surface area (Å²) in [6.07, 6.45) is 1.63. The van der Waals surface area contributed by atoms with Crippen molar-refractivity contribution >= 4 is 19.9 Å². The zero-order valence-electron chi connectivity index (χ0n) is 18.5. The van der Waals surface area contributed by atoms with Crippen molar-refractivity contribution in [2.24, 2.45) is 0 Å². The summed E-state index contributed by atoms with van der Waals surface area (Å²) < 4.78 is 27.0. The van der Waals surface area contributed by atoms with E-state index in [1.54, 1.807) is 12.1 Å². The number of benzene rings is 2. The van der Waals surface area contributed by atoms with Crippen LogP contribution in [0.25, 0.3) is 5.57 Å². The average molecular weight is 427 g/mol. The summed E-state index contributed by atoms with van der Waals surface area (Å²) in [6.45, 7) is 14.9. The molecular weight excluding hydrogens is 395 g/mol. The standard InChI is InChI=1S/C25H31FO3Si/c1-18(23(27)28-17-19-10-8-7-9-11-19)20-12-13-21(22(26)16-20)25(14-15-25)29-30(5,6)24(2,3)4/h7-13,16H,1,14-15,17H2,2-6H3. The van der Waals surface area contributed by atoms with Gasteiger partial charge in [-0.15, -0.1) is 0 Å². The van der Waals surface area contributed by atoms with Crippen LogP contribution in [0.3, 0.4) is 0 Å². The average Bonchev–Trinajstić information content (AvgIpc) is 3.44. The third kappa shape index (κ3) is 4.73. The number of ether oxygens (including phenoxy) is 1. The number of halogens is 1. The molecule has 3 rings (SSSR count). The molecule has 0 aromatic heterocycles. The molecule has 0 N–H and O–H groups in total. The molecule has 0 heterocycles. The van der Waals surface area contributed by atoms with Crippen LogP contribution in [0.15, 0.2) is 55.1 Å². The Morgan fingerprint density at radius 1 is 1.13 bits per heavy atom. The van der Waals surface area contributed by atoms with E-state index in [0.29, 0.717) is 11.1 Å². The van der Waals surface area contributed by atoms with Crippen LogP contribution in [0.2, 0.25) is 18.1 Å². The Kier molecular flexibility index (Phi) is 6.07. The lowest BCUT2D eigenvalue weighted by Crippen LogP contribution is -2.44. The predicted octanol–water partition coefficient (Wildman–Crippen LogP) is 6.59. The zero-order chi connectivity index (χ0) is 22.2. The minimum Gasteiger partial charge on any atom is -0.457 e.